The number of nitrogens with one attached hydrogen (secondary N) is 1. The Kier molecular flexibility index (Phi) is 6.13. The third kappa shape index (κ3) is 4.05. The summed E-state index contributed by atoms with van der Waals surface area (Å²) in [7, 11) is 3.11. The molecule has 0 radical (unpaired) electrons. The van der Waals surface area contributed by atoms with Gasteiger partial charge in [0.1, 0.15) is 10.5 Å². The van der Waals surface area contributed by atoms with Crippen LogP contribution in [0.15, 0.2) is 34.4 Å². The normalized spacial score (nSPS) is 11.4. The van der Waals surface area contributed by atoms with E-state index < -0.39 is 0 Å². The fourth-order valence-corrected chi connectivity index (χ4v) is 4.46. The minimum atomic E-state index is -0.161. The molecule has 0 bridgehead atoms. The summed E-state index contributed by atoms with van der Waals surface area (Å²) in [5.74, 6) is 2.39. The lowest BCUT2D eigenvalue weighted by Gasteiger charge is -2.12. The Labute approximate surface area is 188 Å². The smallest absolute Gasteiger partial charge is 0.272 e. The molecule has 1 N–H and O–H groups in total. The van der Waals surface area contributed by atoms with Crippen molar-refractivity contribution >= 4 is 38.9 Å². The fourth-order valence-electron chi connectivity index (χ4n) is 3.64. The molecular formula is C22H25N5O4S. The molecule has 4 rings (SSSR count). The Balaban J connectivity index is 1.58. The Morgan fingerprint density at radius 1 is 1.16 bits per heavy atom. The second-order valence-corrected chi connectivity index (χ2v) is 8.73. The SMILES string of the molecule is COc1ccc(NC(=O)CCc2nnc3n(CC(C)C)c(=O)c4sccc4n23)cc1OC. The van der Waals surface area contributed by atoms with E-state index in [4.69, 9.17) is 9.47 Å². The van der Waals surface area contributed by atoms with Gasteiger partial charge in [0.25, 0.3) is 5.56 Å². The number of carbonyl (C=O) groups is 1. The highest BCUT2D eigenvalue weighted by atomic mass is 32.1. The average molecular weight is 456 g/mol. The molecule has 32 heavy (non-hydrogen) atoms. The van der Waals surface area contributed by atoms with Crippen LogP contribution in [0.1, 0.15) is 26.1 Å². The lowest BCUT2D eigenvalue weighted by atomic mass is 10.2. The summed E-state index contributed by atoms with van der Waals surface area (Å²) in [6.07, 6.45) is 0.592. The summed E-state index contributed by atoms with van der Waals surface area (Å²) < 4.78 is 14.7. The molecule has 0 aliphatic carbocycles. The number of nitrogens with zero attached hydrogens (tertiary/aromatic N) is 4. The Morgan fingerprint density at radius 3 is 2.66 bits per heavy atom. The summed E-state index contributed by atoms with van der Waals surface area (Å²) >= 11 is 1.40. The molecule has 3 aromatic heterocycles. The van der Waals surface area contributed by atoms with Gasteiger partial charge in [0.15, 0.2) is 11.5 Å². The first kappa shape index (κ1) is 21.8. The number of benzene rings is 1. The zero-order valence-corrected chi connectivity index (χ0v) is 19.2. The first-order chi connectivity index (χ1) is 15.4. The number of amides is 1. The molecule has 4 aromatic rings. The van der Waals surface area contributed by atoms with Gasteiger partial charge in [-0.25, -0.2) is 0 Å². The number of fused-ring (bicyclic) bond motifs is 3. The molecule has 1 aromatic carbocycles. The highest BCUT2D eigenvalue weighted by Crippen LogP contribution is 2.29. The zero-order valence-electron chi connectivity index (χ0n) is 18.4. The van der Waals surface area contributed by atoms with Crippen molar-refractivity contribution in [3.8, 4) is 11.5 Å². The molecule has 10 heteroatoms. The highest BCUT2D eigenvalue weighted by Gasteiger charge is 2.18. The summed E-state index contributed by atoms with van der Waals surface area (Å²) in [6.45, 7) is 4.66. The van der Waals surface area contributed by atoms with Crippen molar-refractivity contribution in [3.05, 3.63) is 45.8 Å². The second kappa shape index (κ2) is 8.99. The molecule has 0 saturated carbocycles. The third-order valence-corrected chi connectivity index (χ3v) is 5.96. The topological polar surface area (TPSA) is 99.7 Å². The van der Waals surface area contributed by atoms with Crippen LogP contribution in [0.5, 0.6) is 11.5 Å². The lowest BCUT2D eigenvalue weighted by Crippen LogP contribution is -2.24. The van der Waals surface area contributed by atoms with E-state index >= 15 is 0 Å². The fraction of sp³-hybridized carbons (Fsp3) is 0.364. The lowest BCUT2D eigenvalue weighted by molar-refractivity contribution is -0.116. The Morgan fingerprint density at radius 2 is 1.94 bits per heavy atom. The van der Waals surface area contributed by atoms with Crippen molar-refractivity contribution < 1.29 is 14.3 Å². The van der Waals surface area contributed by atoms with Gasteiger partial charge in [0.05, 0.1) is 19.7 Å². The first-order valence-electron chi connectivity index (χ1n) is 10.3. The molecule has 0 aliphatic rings. The number of aryl methyl sites for hydroxylation is 1. The average Bonchev–Trinajstić information content (AvgIpc) is 3.42. The molecule has 168 valence electrons. The minimum Gasteiger partial charge on any atom is -0.493 e. The van der Waals surface area contributed by atoms with E-state index in [1.807, 2.05) is 15.8 Å². The van der Waals surface area contributed by atoms with Crippen LogP contribution in [-0.4, -0.2) is 39.3 Å². The number of ether oxygens (including phenoxy) is 2. The van der Waals surface area contributed by atoms with E-state index in [-0.39, 0.29) is 23.8 Å². The Hall–Kier alpha value is -3.40. The predicted octanol–water partition coefficient (Wildman–Crippen LogP) is 3.35. The second-order valence-electron chi connectivity index (χ2n) is 7.81. The van der Waals surface area contributed by atoms with Gasteiger partial charge in [-0.3, -0.25) is 18.6 Å². The van der Waals surface area contributed by atoms with Gasteiger partial charge in [-0.05, 0) is 29.5 Å². The largest absolute Gasteiger partial charge is 0.493 e. The number of hydrogen-bond acceptors (Lipinski definition) is 7. The van der Waals surface area contributed by atoms with Gasteiger partial charge >= 0.3 is 0 Å². The highest BCUT2D eigenvalue weighted by molar-refractivity contribution is 7.17. The van der Waals surface area contributed by atoms with E-state index in [1.54, 1.807) is 37.0 Å². The summed E-state index contributed by atoms with van der Waals surface area (Å²) in [4.78, 5) is 25.5. The van der Waals surface area contributed by atoms with Gasteiger partial charge in [-0.2, -0.15) is 0 Å². The number of hydrogen-bond donors (Lipinski definition) is 1. The number of anilines is 1. The maximum atomic E-state index is 12.9. The van der Waals surface area contributed by atoms with Crippen molar-refractivity contribution in [1.82, 2.24) is 19.2 Å². The molecule has 0 unspecified atom stereocenters. The molecular weight excluding hydrogens is 430 g/mol. The van der Waals surface area contributed by atoms with Crippen LogP contribution in [0.2, 0.25) is 0 Å². The van der Waals surface area contributed by atoms with E-state index in [2.05, 4.69) is 29.4 Å². The number of rotatable bonds is 8. The van der Waals surface area contributed by atoms with Crippen molar-refractivity contribution in [3.63, 3.8) is 0 Å². The van der Waals surface area contributed by atoms with E-state index in [9.17, 15) is 9.59 Å². The van der Waals surface area contributed by atoms with E-state index in [1.165, 1.54) is 11.3 Å². The molecule has 0 saturated heterocycles. The van der Waals surface area contributed by atoms with Gasteiger partial charge in [0, 0.05) is 31.1 Å². The van der Waals surface area contributed by atoms with Crippen LogP contribution in [0.3, 0.4) is 0 Å². The zero-order chi connectivity index (χ0) is 22.8. The van der Waals surface area contributed by atoms with Gasteiger partial charge in [-0.15, -0.1) is 21.5 Å². The monoisotopic (exact) mass is 455 g/mol. The van der Waals surface area contributed by atoms with Crippen LogP contribution in [-0.2, 0) is 17.8 Å². The molecule has 1 amide bonds. The molecule has 3 heterocycles. The maximum absolute atomic E-state index is 12.9. The Bertz CT molecular complexity index is 1340. The quantitative estimate of drug-likeness (QED) is 0.437. The first-order valence-corrected chi connectivity index (χ1v) is 11.2. The van der Waals surface area contributed by atoms with Crippen LogP contribution in [0.25, 0.3) is 16.0 Å². The van der Waals surface area contributed by atoms with Crippen LogP contribution in [0, 0.1) is 5.92 Å². The maximum Gasteiger partial charge on any atom is 0.272 e. The summed E-state index contributed by atoms with van der Waals surface area (Å²) in [6, 6.07) is 7.10. The van der Waals surface area contributed by atoms with Crippen molar-refractivity contribution in [2.24, 2.45) is 5.92 Å². The van der Waals surface area contributed by atoms with Gasteiger partial charge in [-0.1, -0.05) is 13.8 Å². The van der Waals surface area contributed by atoms with Crippen molar-refractivity contribution in [2.45, 2.75) is 33.2 Å². The van der Waals surface area contributed by atoms with Gasteiger partial charge in [0.2, 0.25) is 11.7 Å². The van der Waals surface area contributed by atoms with Crippen LogP contribution < -0.4 is 20.3 Å². The minimum absolute atomic E-state index is 0.0543. The van der Waals surface area contributed by atoms with Crippen LogP contribution >= 0.6 is 11.3 Å². The molecule has 0 spiro atoms. The summed E-state index contributed by atoms with van der Waals surface area (Å²) in [5.41, 5.74) is 1.33. The summed E-state index contributed by atoms with van der Waals surface area (Å²) in [5, 5.41) is 13.3. The number of methoxy groups -OCH3 is 2. The van der Waals surface area contributed by atoms with Crippen LogP contribution in [0.4, 0.5) is 5.69 Å². The van der Waals surface area contributed by atoms with Crippen molar-refractivity contribution in [1.29, 1.82) is 0 Å². The van der Waals surface area contributed by atoms with Crippen molar-refractivity contribution in [2.75, 3.05) is 19.5 Å². The third-order valence-electron chi connectivity index (χ3n) is 5.07. The number of aromatic nitrogens is 4. The van der Waals surface area contributed by atoms with Gasteiger partial charge < -0.3 is 14.8 Å². The number of carbonyl (C=O) groups excluding carboxylic acids is 1. The van der Waals surface area contributed by atoms with E-state index in [0.717, 1.165) is 5.52 Å². The molecule has 0 fully saturated rings. The molecule has 9 nitrogen and oxygen atoms in total. The molecule has 0 aliphatic heterocycles. The number of thiophene rings is 1. The van der Waals surface area contributed by atoms with E-state index in [0.29, 0.717) is 46.5 Å². The standard InChI is InChI=1S/C22H25N5O4S/c1-13(2)12-26-21(29)20-15(9-10-32-20)27-18(24-25-22(26)27)7-8-19(28)23-14-5-6-16(30-3)17(11-14)31-4/h5-6,9-11,13H,7-8,12H2,1-4H3,(H,23,28). The predicted molar refractivity (Wildman–Crippen MR) is 124 cm³/mol. The molecule has 0 atom stereocenters.